The Balaban J connectivity index is 2.05. The zero-order valence-corrected chi connectivity index (χ0v) is 16.6. The lowest BCUT2D eigenvalue weighted by molar-refractivity contribution is 0.0954. The number of carbonyl (C=O) groups is 2. The van der Waals surface area contributed by atoms with Crippen LogP contribution >= 0.6 is 23.2 Å². The number of aromatic nitrogens is 2. The van der Waals surface area contributed by atoms with Crippen molar-refractivity contribution in [3.8, 4) is 11.3 Å². The van der Waals surface area contributed by atoms with Crippen LogP contribution < -0.4 is 16.6 Å². The molecular formula is C19H17Cl2N5O2. The van der Waals surface area contributed by atoms with Crippen LogP contribution in [-0.2, 0) is 7.05 Å². The monoisotopic (exact) mass is 417 g/mol. The van der Waals surface area contributed by atoms with Gasteiger partial charge in [-0.2, -0.15) is 5.10 Å². The number of nitrogen functional groups attached to an aromatic ring is 1. The molecule has 0 radical (unpaired) electrons. The smallest absolute Gasteiger partial charge is 0.267 e. The Morgan fingerprint density at radius 3 is 2.50 bits per heavy atom. The van der Waals surface area contributed by atoms with E-state index in [0.717, 1.165) is 0 Å². The van der Waals surface area contributed by atoms with Crippen molar-refractivity contribution in [2.45, 2.75) is 6.92 Å². The molecule has 7 nitrogen and oxygen atoms in total. The number of amides is 2. The van der Waals surface area contributed by atoms with E-state index in [2.05, 4.69) is 15.8 Å². The molecule has 0 saturated carbocycles. The van der Waals surface area contributed by atoms with Crippen molar-refractivity contribution in [3.63, 3.8) is 0 Å². The van der Waals surface area contributed by atoms with E-state index in [1.165, 1.54) is 12.3 Å². The Labute approximate surface area is 171 Å². The Kier molecular flexibility index (Phi) is 5.69. The second-order valence-corrected chi connectivity index (χ2v) is 6.93. The summed E-state index contributed by atoms with van der Waals surface area (Å²) >= 11 is 12.3. The van der Waals surface area contributed by atoms with E-state index in [1.807, 2.05) is 6.07 Å². The minimum Gasteiger partial charge on any atom is -0.321 e. The number of hydrogen-bond donors (Lipinski definition) is 3. The molecule has 144 valence electrons. The van der Waals surface area contributed by atoms with Crippen LogP contribution in [0, 0.1) is 6.92 Å². The summed E-state index contributed by atoms with van der Waals surface area (Å²) in [5.74, 6) is 4.24. The first-order chi connectivity index (χ1) is 13.3. The average molecular weight is 418 g/mol. The molecule has 2 amide bonds. The number of halogens is 2. The first-order valence-corrected chi connectivity index (χ1v) is 8.98. The van der Waals surface area contributed by atoms with Gasteiger partial charge < -0.3 is 5.32 Å². The predicted octanol–water partition coefficient (Wildman–Crippen LogP) is 3.56. The number of hydrogen-bond acceptors (Lipinski definition) is 4. The molecule has 0 unspecified atom stereocenters. The number of benzene rings is 2. The van der Waals surface area contributed by atoms with Gasteiger partial charge in [0, 0.05) is 22.7 Å². The predicted molar refractivity (Wildman–Crippen MR) is 109 cm³/mol. The number of hydrazine groups is 1. The lowest BCUT2D eigenvalue weighted by Crippen LogP contribution is -2.31. The maximum Gasteiger partial charge on any atom is 0.267 e. The molecule has 0 saturated heterocycles. The standard InChI is InChI=1S/C19H17Cl2N5O2/c1-10-7-11(20)8-13(19(28)25-22)16(10)24-18(27)14-9-23-26(2)17(14)12-5-3-4-6-15(12)21/h3-9H,22H2,1-2H3,(H,24,27)(H,25,28). The molecule has 0 atom stereocenters. The summed E-state index contributed by atoms with van der Waals surface area (Å²) in [7, 11) is 1.72. The van der Waals surface area contributed by atoms with Crippen molar-refractivity contribution in [1.29, 1.82) is 0 Å². The molecule has 4 N–H and O–H groups in total. The van der Waals surface area contributed by atoms with Crippen LogP contribution in [0.25, 0.3) is 11.3 Å². The fraction of sp³-hybridized carbons (Fsp3) is 0.105. The summed E-state index contributed by atoms with van der Waals surface area (Å²) in [5.41, 5.74) is 4.67. The van der Waals surface area contributed by atoms with Crippen molar-refractivity contribution >= 4 is 40.7 Å². The van der Waals surface area contributed by atoms with E-state index in [4.69, 9.17) is 29.0 Å². The van der Waals surface area contributed by atoms with Crippen LogP contribution in [0.5, 0.6) is 0 Å². The summed E-state index contributed by atoms with van der Waals surface area (Å²) in [6, 6.07) is 10.2. The van der Waals surface area contributed by atoms with E-state index in [0.29, 0.717) is 38.1 Å². The molecule has 28 heavy (non-hydrogen) atoms. The van der Waals surface area contributed by atoms with Crippen LogP contribution in [0.15, 0.2) is 42.6 Å². The number of nitrogens with one attached hydrogen (secondary N) is 2. The number of nitrogens with two attached hydrogens (primary N) is 1. The van der Waals surface area contributed by atoms with Gasteiger partial charge in [0.25, 0.3) is 11.8 Å². The van der Waals surface area contributed by atoms with Crippen LogP contribution in [0.1, 0.15) is 26.3 Å². The van der Waals surface area contributed by atoms with Gasteiger partial charge in [-0.1, -0.05) is 41.4 Å². The number of aryl methyl sites for hydroxylation is 2. The normalized spacial score (nSPS) is 10.6. The minimum atomic E-state index is -0.571. The number of anilines is 1. The Morgan fingerprint density at radius 1 is 1.11 bits per heavy atom. The highest BCUT2D eigenvalue weighted by molar-refractivity contribution is 6.33. The second kappa shape index (κ2) is 8.02. The van der Waals surface area contributed by atoms with Gasteiger partial charge in [0.2, 0.25) is 0 Å². The first-order valence-electron chi connectivity index (χ1n) is 8.22. The zero-order valence-electron chi connectivity index (χ0n) is 15.1. The number of nitrogens with zero attached hydrogens (tertiary/aromatic N) is 2. The maximum absolute atomic E-state index is 13.0. The molecule has 0 aliphatic heterocycles. The van der Waals surface area contributed by atoms with Crippen molar-refractivity contribution in [2.75, 3.05) is 5.32 Å². The third-order valence-electron chi connectivity index (χ3n) is 4.23. The van der Waals surface area contributed by atoms with E-state index in [-0.39, 0.29) is 5.56 Å². The molecule has 3 aromatic rings. The summed E-state index contributed by atoms with van der Waals surface area (Å²) in [6.45, 7) is 1.73. The van der Waals surface area contributed by atoms with Gasteiger partial charge >= 0.3 is 0 Å². The molecule has 2 aromatic carbocycles. The van der Waals surface area contributed by atoms with Gasteiger partial charge in [0.15, 0.2) is 0 Å². The number of rotatable bonds is 4. The molecular weight excluding hydrogens is 401 g/mol. The maximum atomic E-state index is 13.0. The van der Waals surface area contributed by atoms with E-state index < -0.39 is 11.8 Å². The van der Waals surface area contributed by atoms with Gasteiger partial charge in [0.05, 0.1) is 28.7 Å². The fourth-order valence-corrected chi connectivity index (χ4v) is 3.42. The lowest BCUT2D eigenvalue weighted by Gasteiger charge is -2.14. The third kappa shape index (κ3) is 3.73. The summed E-state index contributed by atoms with van der Waals surface area (Å²) in [5, 5.41) is 7.80. The SMILES string of the molecule is Cc1cc(Cl)cc(C(=O)NN)c1NC(=O)c1cnn(C)c1-c1ccccc1Cl. The molecule has 0 fully saturated rings. The molecule has 0 aliphatic carbocycles. The van der Waals surface area contributed by atoms with E-state index in [9.17, 15) is 9.59 Å². The summed E-state index contributed by atoms with van der Waals surface area (Å²) in [4.78, 5) is 25.1. The number of carbonyl (C=O) groups excluding carboxylic acids is 2. The topological polar surface area (TPSA) is 102 Å². The minimum absolute atomic E-state index is 0.157. The van der Waals surface area contributed by atoms with Crippen LogP contribution in [0.2, 0.25) is 10.0 Å². The highest BCUT2D eigenvalue weighted by atomic mass is 35.5. The van der Waals surface area contributed by atoms with Gasteiger partial charge in [-0.3, -0.25) is 19.7 Å². The quantitative estimate of drug-likeness (QED) is 0.343. The molecule has 3 rings (SSSR count). The Bertz CT molecular complexity index is 1080. The van der Waals surface area contributed by atoms with Crippen molar-refractivity contribution < 1.29 is 9.59 Å². The zero-order chi connectivity index (χ0) is 20.4. The van der Waals surface area contributed by atoms with Crippen LogP contribution in [0.3, 0.4) is 0 Å². The summed E-state index contributed by atoms with van der Waals surface area (Å²) < 4.78 is 1.57. The molecule has 9 heteroatoms. The van der Waals surface area contributed by atoms with E-state index >= 15 is 0 Å². The van der Waals surface area contributed by atoms with Crippen molar-refractivity contribution in [2.24, 2.45) is 12.9 Å². The molecule has 1 aromatic heterocycles. The van der Waals surface area contributed by atoms with Gasteiger partial charge in [-0.15, -0.1) is 0 Å². The molecule has 0 aliphatic rings. The van der Waals surface area contributed by atoms with Gasteiger partial charge in [0.1, 0.15) is 0 Å². The van der Waals surface area contributed by atoms with E-state index in [1.54, 1.807) is 42.9 Å². The van der Waals surface area contributed by atoms with Crippen molar-refractivity contribution in [1.82, 2.24) is 15.2 Å². The van der Waals surface area contributed by atoms with Crippen molar-refractivity contribution in [3.05, 3.63) is 69.3 Å². The second-order valence-electron chi connectivity index (χ2n) is 6.08. The van der Waals surface area contributed by atoms with Crippen LogP contribution in [-0.4, -0.2) is 21.6 Å². The third-order valence-corrected chi connectivity index (χ3v) is 4.77. The molecule has 0 spiro atoms. The fourth-order valence-electron chi connectivity index (χ4n) is 2.92. The molecule has 0 bridgehead atoms. The Hall–Kier alpha value is -2.87. The average Bonchev–Trinajstić information content (AvgIpc) is 3.04. The van der Waals surface area contributed by atoms with Crippen LogP contribution in [0.4, 0.5) is 5.69 Å². The lowest BCUT2D eigenvalue weighted by atomic mass is 10.0. The first kappa shape index (κ1) is 19.9. The van der Waals surface area contributed by atoms with Gasteiger partial charge in [-0.25, -0.2) is 5.84 Å². The Morgan fingerprint density at radius 2 is 1.82 bits per heavy atom. The summed E-state index contributed by atoms with van der Waals surface area (Å²) in [6.07, 6.45) is 1.45. The van der Waals surface area contributed by atoms with Gasteiger partial charge in [-0.05, 0) is 30.7 Å². The highest BCUT2D eigenvalue weighted by Crippen LogP contribution is 2.31. The highest BCUT2D eigenvalue weighted by Gasteiger charge is 2.22. The molecule has 1 heterocycles. The largest absolute Gasteiger partial charge is 0.321 e.